The Morgan fingerprint density at radius 2 is 1.85 bits per heavy atom. The zero-order valence-corrected chi connectivity index (χ0v) is 12.9. The molecule has 0 radical (unpaired) electrons. The maximum atomic E-state index is 6.11. The first-order chi connectivity index (χ1) is 9.45. The van der Waals surface area contributed by atoms with E-state index in [0.29, 0.717) is 23.4 Å². The van der Waals surface area contributed by atoms with Crippen LogP contribution < -0.4 is 15.8 Å². The predicted octanol–water partition coefficient (Wildman–Crippen LogP) is 3.08. The molecule has 0 aromatic carbocycles. The lowest BCUT2D eigenvalue weighted by atomic mass is 9.80. The Labute approximate surface area is 121 Å². The summed E-state index contributed by atoms with van der Waals surface area (Å²) in [5.74, 6) is 2.65. The summed E-state index contributed by atoms with van der Waals surface area (Å²) in [6.07, 6.45) is 5.18. The van der Waals surface area contributed by atoms with E-state index in [1.165, 1.54) is 12.7 Å². The molecule has 112 valence electrons. The Kier molecular flexibility index (Phi) is 4.68. The molecule has 1 heterocycles. The number of nitrogen functional groups attached to an aromatic ring is 1. The van der Waals surface area contributed by atoms with Crippen molar-refractivity contribution >= 4 is 11.5 Å². The molecule has 0 amide bonds. The van der Waals surface area contributed by atoms with Gasteiger partial charge in [-0.1, -0.05) is 13.8 Å². The molecular formula is C15H26N4O. The first kappa shape index (κ1) is 14.9. The van der Waals surface area contributed by atoms with Gasteiger partial charge in [-0.3, -0.25) is 0 Å². The second kappa shape index (κ2) is 6.29. The van der Waals surface area contributed by atoms with Gasteiger partial charge in [0.15, 0.2) is 5.82 Å². The van der Waals surface area contributed by atoms with E-state index in [1.54, 1.807) is 0 Å². The van der Waals surface area contributed by atoms with E-state index in [9.17, 15) is 0 Å². The summed E-state index contributed by atoms with van der Waals surface area (Å²) in [4.78, 5) is 8.37. The summed E-state index contributed by atoms with van der Waals surface area (Å²) in [7, 11) is 0. The van der Waals surface area contributed by atoms with Crippen LogP contribution in [0.5, 0.6) is 5.88 Å². The highest BCUT2D eigenvalue weighted by Gasteiger charge is 2.25. The van der Waals surface area contributed by atoms with Crippen molar-refractivity contribution in [1.29, 1.82) is 0 Å². The molecule has 3 N–H and O–H groups in total. The number of hydrogen-bond acceptors (Lipinski definition) is 5. The van der Waals surface area contributed by atoms with Crippen LogP contribution in [0.3, 0.4) is 0 Å². The molecule has 5 heteroatoms. The second-order valence-corrected chi connectivity index (χ2v) is 6.37. The summed E-state index contributed by atoms with van der Waals surface area (Å²) >= 11 is 0. The number of nitrogens with two attached hydrogens (primary N) is 1. The van der Waals surface area contributed by atoms with Gasteiger partial charge in [-0.05, 0) is 44.9 Å². The van der Waals surface area contributed by atoms with Crippen LogP contribution in [-0.2, 0) is 0 Å². The molecule has 1 fully saturated rings. The van der Waals surface area contributed by atoms with Crippen LogP contribution >= 0.6 is 0 Å². The standard InChI is InChI=1S/C15H26N4O/c1-9(2)20-15-13(16)14(17-8-18-15)19-12-6-10(3)5-11(4)7-12/h8-12H,5-7,16H2,1-4H3,(H,17,18,19). The fourth-order valence-electron chi connectivity index (χ4n) is 3.07. The predicted molar refractivity (Wildman–Crippen MR) is 81.8 cm³/mol. The maximum Gasteiger partial charge on any atom is 0.242 e. The second-order valence-electron chi connectivity index (χ2n) is 6.37. The third-order valence-electron chi connectivity index (χ3n) is 3.71. The average molecular weight is 278 g/mol. The maximum absolute atomic E-state index is 6.11. The third-order valence-corrected chi connectivity index (χ3v) is 3.71. The molecule has 0 aliphatic heterocycles. The van der Waals surface area contributed by atoms with Crippen LogP contribution in [0.4, 0.5) is 11.5 Å². The Morgan fingerprint density at radius 1 is 1.20 bits per heavy atom. The zero-order chi connectivity index (χ0) is 14.7. The van der Waals surface area contributed by atoms with Crippen LogP contribution in [0.25, 0.3) is 0 Å². The van der Waals surface area contributed by atoms with Gasteiger partial charge < -0.3 is 15.8 Å². The molecule has 1 aliphatic carbocycles. The topological polar surface area (TPSA) is 73.1 Å². The Morgan fingerprint density at radius 3 is 2.45 bits per heavy atom. The summed E-state index contributed by atoms with van der Waals surface area (Å²) < 4.78 is 5.60. The number of hydrogen-bond donors (Lipinski definition) is 2. The molecule has 0 spiro atoms. The number of nitrogens with zero attached hydrogens (tertiary/aromatic N) is 2. The van der Waals surface area contributed by atoms with Crippen molar-refractivity contribution in [3.05, 3.63) is 6.33 Å². The molecule has 2 atom stereocenters. The highest BCUT2D eigenvalue weighted by molar-refractivity contribution is 5.66. The minimum absolute atomic E-state index is 0.0507. The third kappa shape index (κ3) is 3.74. The largest absolute Gasteiger partial charge is 0.473 e. The van der Waals surface area contributed by atoms with E-state index in [2.05, 4.69) is 29.1 Å². The first-order valence-electron chi connectivity index (χ1n) is 7.49. The molecular weight excluding hydrogens is 252 g/mol. The Bertz CT molecular complexity index is 439. The Hall–Kier alpha value is -1.52. The van der Waals surface area contributed by atoms with Crippen molar-refractivity contribution in [2.45, 2.75) is 59.1 Å². The molecule has 5 nitrogen and oxygen atoms in total. The fraction of sp³-hybridized carbons (Fsp3) is 0.733. The summed E-state index contributed by atoms with van der Waals surface area (Å²) in [6, 6.07) is 0.429. The number of anilines is 2. The summed E-state index contributed by atoms with van der Waals surface area (Å²) in [5.41, 5.74) is 6.61. The molecule has 1 aliphatic rings. The normalized spacial score (nSPS) is 26.6. The van der Waals surface area contributed by atoms with E-state index in [-0.39, 0.29) is 6.10 Å². The Balaban J connectivity index is 2.09. The molecule has 2 rings (SSSR count). The molecule has 1 aromatic rings. The van der Waals surface area contributed by atoms with Crippen molar-refractivity contribution < 1.29 is 4.74 Å². The highest BCUT2D eigenvalue weighted by atomic mass is 16.5. The van der Waals surface area contributed by atoms with Crippen molar-refractivity contribution in [3.63, 3.8) is 0 Å². The fourth-order valence-corrected chi connectivity index (χ4v) is 3.07. The molecule has 1 saturated carbocycles. The van der Waals surface area contributed by atoms with Crippen LogP contribution in [0.2, 0.25) is 0 Å². The lowest BCUT2D eigenvalue weighted by molar-refractivity contribution is 0.234. The van der Waals surface area contributed by atoms with Gasteiger partial charge in [0, 0.05) is 6.04 Å². The van der Waals surface area contributed by atoms with Gasteiger partial charge in [-0.2, -0.15) is 4.98 Å². The number of rotatable bonds is 4. The lowest BCUT2D eigenvalue weighted by Gasteiger charge is -2.32. The van der Waals surface area contributed by atoms with Crippen molar-refractivity contribution in [1.82, 2.24) is 9.97 Å². The SMILES string of the molecule is CC1CC(C)CC(Nc2ncnc(OC(C)C)c2N)C1. The number of nitrogens with one attached hydrogen (secondary N) is 1. The molecule has 1 aromatic heterocycles. The quantitative estimate of drug-likeness (QED) is 0.885. The van der Waals surface area contributed by atoms with E-state index < -0.39 is 0 Å². The lowest BCUT2D eigenvalue weighted by Crippen LogP contribution is -2.31. The monoisotopic (exact) mass is 278 g/mol. The minimum atomic E-state index is 0.0507. The van der Waals surface area contributed by atoms with Gasteiger partial charge in [-0.25, -0.2) is 4.98 Å². The van der Waals surface area contributed by atoms with Gasteiger partial charge >= 0.3 is 0 Å². The van der Waals surface area contributed by atoms with E-state index in [1.807, 2.05) is 13.8 Å². The van der Waals surface area contributed by atoms with Gasteiger partial charge in [0.25, 0.3) is 0 Å². The smallest absolute Gasteiger partial charge is 0.242 e. The zero-order valence-electron chi connectivity index (χ0n) is 12.9. The first-order valence-corrected chi connectivity index (χ1v) is 7.49. The molecule has 0 saturated heterocycles. The molecule has 0 bridgehead atoms. The van der Waals surface area contributed by atoms with Gasteiger partial charge in [0.1, 0.15) is 12.0 Å². The van der Waals surface area contributed by atoms with E-state index >= 15 is 0 Å². The van der Waals surface area contributed by atoms with Crippen LogP contribution in [-0.4, -0.2) is 22.1 Å². The van der Waals surface area contributed by atoms with Crippen molar-refractivity contribution in [2.24, 2.45) is 11.8 Å². The van der Waals surface area contributed by atoms with Gasteiger partial charge in [0.2, 0.25) is 5.88 Å². The molecule has 2 unspecified atom stereocenters. The number of aromatic nitrogens is 2. The van der Waals surface area contributed by atoms with E-state index in [4.69, 9.17) is 10.5 Å². The van der Waals surface area contributed by atoms with Gasteiger partial charge in [0.05, 0.1) is 6.10 Å². The summed E-state index contributed by atoms with van der Waals surface area (Å²) in [6.45, 7) is 8.53. The van der Waals surface area contributed by atoms with Crippen LogP contribution in [0, 0.1) is 11.8 Å². The van der Waals surface area contributed by atoms with Crippen molar-refractivity contribution in [2.75, 3.05) is 11.1 Å². The van der Waals surface area contributed by atoms with Crippen molar-refractivity contribution in [3.8, 4) is 5.88 Å². The molecule has 20 heavy (non-hydrogen) atoms. The number of ether oxygens (including phenoxy) is 1. The summed E-state index contributed by atoms with van der Waals surface area (Å²) in [5, 5.41) is 3.47. The van der Waals surface area contributed by atoms with E-state index in [0.717, 1.165) is 24.7 Å². The van der Waals surface area contributed by atoms with Crippen LogP contribution in [0.15, 0.2) is 6.33 Å². The highest BCUT2D eigenvalue weighted by Crippen LogP contribution is 2.32. The minimum Gasteiger partial charge on any atom is -0.473 e. The van der Waals surface area contributed by atoms with Crippen LogP contribution in [0.1, 0.15) is 47.0 Å². The average Bonchev–Trinajstić information content (AvgIpc) is 2.32. The van der Waals surface area contributed by atoms with Gasteiger partial charge in [-0.15, -0.1) is 0 Å².